The third-order valence-electron chi connectivity index (χ3n) is 9.71. The summed E-state index contributed by atoms with van der Waals surface area (Å²) >= 11 is 0. The predicted molar refractivity (Wildman–Crippen MR) is 174 cm³/mol. The molecule has 2 aliphatic heterocycles. The number of terminal acetylenes is 1. The Hall–Kier alpha value is -2.02. The van der Waals surface area contributed by atoms with E-state index in [0.29, 0.717) is 19.4 Å². The summed E-state index contributed by atoms with van der Waals surface area (Å²) in [6.07, 6.45) is 10.8. The summed E-state index contributed by atoms with van der Waals surface area (Å²) in [6.45, 7) is 17.0. The summed E-state index contributed by atoms with van der Waals surface area (Å²) < 4.78 is 31.1. The number of carbonyl (C=O) groups is 2. The van der Waals surface area contributed by atoms with E-state index in [1.54, 1.807) is 13.2 Å². The zero-order chi connectivity index (χ0) is 33.1. The normalized spacial score (nSPS) is 40.1. The predicted octanol–water partition coefficient (Wildman–Crippen LogP) is 5.70. The first kappa shape index (κ1) is 38.2. The number of rotatable bonds is 8. The van der Waals surface area contributed by atoms with Crippen molar-refractivity contribution in [1.82, 2.24) is 4.90 Å². The van der Waals surface area contributed by atoms with Gasteiger partial charge in [0.15, 0.2) is 12.1 Å². The summed E-state index contributed by atoms with van der Waals surface area (Å²) in [4.78, 5) is 28.8. The first-order chi connectivity index (χ1) is 20.7. The number of ether oxygens (including phenoxy) is 5. The Morgan fingerprint density at radius 1 is 1.02 bits per heavy atom. The standard InChI is InChI=1S/C36H59NO7/c1-13-17-41-21-29-18-22(3)15-16-30(38)24(5)19-25(6)34(26(7)23(4)20-32(39)43-31(29)14-2)44-36-35(40-12)33(37(10)11)27(8)28(9)42-36/h1,15-16,18,23-29,31,33-36H,14,17,19-21H2,2-12H3/b16-15+,22-18+/t23-,24-,25+,26+,27?,28?,29-,31-,33?,34+,35?,36?/m1/s1. The lowest BCUT2D eigenvalue weighted by molar-refractivity contribution is -0.297. The summed E-state index contributed by atoms with van der Waals surface area (Å²) in [6, 6.07) is 0.100. The number of hydrogen-bond donors (Lipinski definition) is 0. The van der Waals surface area contributed by atoms with Gasteiger partial charge in [0.25, 0.3) is 0 Å². The van der Waals surface area contributed by atoms with Crippen molar-refractivity contribution >= 4 is 11.8 Å². The maximum atomic E-state index is 13.4. The fourth-order valence-corrected chi connectivity index (χ4v) is 6.76. The molecule has 12 atom stereocenters. The second-order valence-corrected chi connectivity index (χ2v) is 13.4. The molecule has 8 heteroatoms. The van der Waals surface area contributed by atoms with Crippen molar-refractivity contribution in [2.24, 2.45) is 35.5 Å². The van der Waals surface area contributed by atoms with Crippen LogP contribution >= 0.6 is 0 Å². The van der Waals surface area contributed by atoms with Gasteiger partial charge in [0.1, 0.15) is 18.8 Å². The SMILES string of the molecule is C#CCOC[C@H]1/C=C(C)/C=C/C(=O)[C@H](C)C[C@H](C)[C@H](OC2OC(C)C(C)C(N(C)C)C2OC)[C@@H](C)[C@H](C)CC(=O)O[C@@H]1CC. The van der Waals surface area contributed by atoms with E-state index < -0.39 is 6.29 Å². The second-order valence-electron chi connectivity index (χ2n) is 13.4. The molecule has 1 saturated heterocycles. The molecule has 0 spiro atoms. The van der Waals surface area contributed by atoms with Crippen molar-refractivity contribution in [3.05, 3.63) is 23.8 Å². The van der Waals surface area contributed by atoms with Crippen LogP contribution in [0, 0.1) is 47.9 Å². The van der Waals surface area contributed by atoms with Crippen LogP contribution in [0.5, 0.6) is 0 Å². The third kappa shape index (κ3) is 10.5. The molecule has 2 heterocycles. The average molecular weight is 618 g/mol. The molecule has 250 valence electrons. The summed E-state index contributed by atoms with van der Waals surface area (Å²) in [5, 5.41) is 0. The zero-order valence-corrected chi connectivity index (χ0v) is 29.1. The lowest BCUT2D eigenvalue weighted by atomic mass is 9.79. The first-order valence-electron chi connectivity index (χ1n) is 16.4. The van der Waals surface area contributed by atoms with Crippen molar-refractivity contribution < 1.29 is 33.3 Å². The van der Waals surface area contributed by atoms with E-state index in [0.717, 1.165) is 5.57 Å². The Morgan fingerprint density at radius 2 is 1.70 bits per heavy atom. The Labute approximate surface area is 267 Å². The van der Waals surface area contributed by atoms with Gasteiger partial charge in [0.2, 0.25) is 0 Å². The molecule has 44 heavy (non-hydrogen) atoms. The van der Waals surface area contributed by atoms with E-state index in [1.165, 1.54) is 0 Å². The minimum Gasteiger partial charge on any atom is -0.462 e. The van der Waals surface area contributed by atoms with Gasteiger partial charge in [0, 0.05) is 37.3 Å². The Bertz CT molecular complexity index is 1020. The summed E-state index contributed by atoms with van der Waals surface area (Å²) in [5.74, 6) is 2.06. The van der Waals surface area contributed by atoms with Crippen LogP contribution in [0.3, 0.4) is 0 Å². The minimum absolute atomic E-state index is 0.00927. The molecule has 0 amide bonds. The molecule has 0 radical (unpaired) electrons. The number of cyclic esters (lactones) is 1. The molecule has 2 rings (SSSR count). The monoisotopic (exact) mass is 617 g/mol. The van der Waals surface area contributed by atoms with Crippen molar-refractivity contribution in [1.29, 1.82) is 0 Å². The van der Waals surface area contributed by atoms with Crippen molar-refractivity contribution in [2.75, 3.05) is 34.4 Å². The zero-order valence-electron chi connectivity index (χ0n) is 29.1. The molecule has 2 aliphatic rings. The maximum Gasteiger partial charge on any atom is 0.306 e. The number of ketones is 1. The lowest BCUT2D eigenvalue weighted by Crippen LogP contribution is -2.60. The molecule has 5 unspecified atom stereocenters. The van der Waals surface area contributed by atoms with Gasteiger partial charge in [-0.1, -0.05) is 65.2 Å². The van der Waals surface area contributed by atoms with E-state index in [-0.39, 0.29) is 90.7 Å². The molecule has 0 aromatic rings. The summed E-state index contributed by atoms with van der Waals surface area (Å²) in [7, 11) is 5.81. The number of hydrogen-bond acceptors (Lipinski definition) is 8. The van der Waals surface area contributed by atoms with Gasteiger partial charge in [-0.15, -0.1) is 6.42 Å². The van der Waals surface area contributed by atoms with Crippen LogP contribution in [0.4, 0.5) is 0 Å². The quantitative estimate of drug-likeness (QED) is 0.195. The highest BCUT2D eigenvalue weighted by Crippen LogP contribution is 2.36. The molecule has 0 aromatic heterocycles. The number of likely N-dealkylation sites (N-methyl/N-ethyl adjacent to an activating group) is 1. The van der Waals surface area contributed by atoms with Gasteiger partial charge in [0.05, 0.1) is 18.8 Å². The van der Waals surface area contributed by atoms with Crippen LogP contribution in [-0.2, 0) is 33.3 Å². The average Bonchev–Trinajstić information content (AvgIpc) is 2.97. The fraction of sp³-hybridized carbons (Fsp3) is 0.778. The van der Waals surface area contributed by atoms with E-state index in [9.17, 15) is 9.59 Å². The second kappa shape index (κ2) is 18.2. The van der Waals surface area contributed by atoms with Gasteiger partial charge in [-0.3, -0.25) is 9.59 Å². The van der Waals surface area contributed by atoms with Crippen molar-refractivity contribution in [2.45, 2.75) is 111 Å². The minimum atomic E-state index is -0.592. The van der Waals surface area contributed by atoms with Gasteiger partial charge in [-0.2, -0.15) is 0 Å². The van der Waals surface area contributed by atoms with Crippen LogP contribution in [0.15, 0.2) is 23.8 Å². The lowest BCUT2D eigenvalue weighted by Gasteiger charge is -2.48. The van der Waals surface area contributed by atoms with Crippen LogP contribution in [0.2, 0.25) is 0 Å². The van der Waals surface area contributed by atoms with Crippen LogP contribution < -0.4 is 0 Å². The number of carbonyl (C=O) groups excluding carboxylic acids is 2. The van der Waals surface area contributed by atoms with Crippen LogP contribution in [0.25, 0.3) is 0 Å². The van der Waals surface area contributed by atoms with Gasteiger partial charge >= 0.3 is 5.97 Å². The summed E-state index contributed by atoms with van der Waals surface area (Å²) in [5.41, 5.74) is 0.900. The first-order valence-corrected chi connectivity index (χ1v) is 16.4. The van der Waals surface area contributed by atoms with E-state index in [4.69, 9.17) is 30.1 Å². The van der Waals surface area contributed by atoms with E-state index in [2.05, 4.69) is 59.5 Å². The van der Waals surface area contributed by atoms with E-state index >= 15 is 0 Å². The molecule has 8 nitrogen and oxygen atoms in total. The number of allylic oxidation sites excluding steroid dienone is 3. The van der Waals surface area contributed by atoms with Crippen molar-refractivity contribution in [3.63, 3.8) is 0 Å². The van der Waals surface area contributed by atoms with Gasteiger partial charge < -0.3 is 28.6 Å². The van der Waals surface area contributed by atoms with Crippen molar-refractivity contribution in [3.8, 4) is 12.3 Å². The highest BCUT2D eigenvalue weighted by atomic mass is 16.7. The topological polar surface area (TPSA) is 83.5 Å². The smallest absolute Gasteiger partial charge is 0.306 e. The molecule has 0 aliphatic carbocycles. The highest BCUT2D eigenvalue weighted by Gasteiger charge is 2.46. The van der Waals surface area contributed by atoms with Gasteiger partial charge in [-0.25, -0.2) is 0 Å². The molecular weight excluding hydrogens is 558 g/mol. The molecule has 0 aromatic carbocycles. The molecule has 1 fully saturated rings. The maximum absolute atomic E-state index is 13.4. The number of methoxy groups -OCH3 is 1. The Morgan fingerprint density at radius 3 is 2.30 bits per heavy atom. The van der Waals surface area contributed by atoms with Crippen LogP contribution in [0.1, 0.15) is 74.7 Å². The largest absolute Gasteiger partial charge is 0.462 e. The Balaban J connectivity index is 2.45. The van der Waals surface area contributed by atoms with Gasteiger partial charge in [-0.05, 0) is 64.6 Å². The molecular formula is C36H59NO7. The fourth-order valence-electron chi connectivity index (χ4n) is 6.76. The molecule has 0 bridgehead atoms. The number of esters is 1. The van der Waals surface area contributed by atoms with Crippen LogP contribution in [-0.4, -0.2) is 87.8 Å². The highest BCUT2D eigenvalue weighted by molar-refractivity contribution is 5.91. The Kier molecular flexibility index (Phi) is 15.8. The third-order valence-corrected chi connectivity index (χ3v) is 9.71. The molecule has 0 saturated carbocycles. The molecule has 0 N–H and O–H groups in total. The van der Waals surface area contributed by atoms with E-state index in [1.807, 2.05) is 32.9 Å². The number of nitrogens with zero attached hydrogens (tertiary/aromatic N) is 1.